The fourth-order valence-corrected chi connectivity index (χ4v) is 6.65. The Morgan fingerprint density at radius 2 is 1.77 bits per heavy atom. The maximum absolute atomic E-state index is 13.3. The van der Waals surface area contributed by atoms with Gasteiger partial charge in [-0.25, -0.2) is 9.78 Å². The summed E-state index contributed by atoms with van der Waals surface area (Å²) < 4.78 is 0.821. The molecule has 0 radical (unpaired) electrons. The summed E-state index contributed by atoms with van der Waals surface area (Å²) >= 11 is 2.67. The quantitative estimate of drug-likeness (QED) is 0.488. The first kappa shape index (κ1) is 23.4. The minimum atomic E-state index is -0.816. The number of rotatable bonds is 7. The fraction of sp³-hybridized carbons (Fsp3) is 0.773. The molecule has 168 valence electrons. The highest BCUT2D eigenvalue weighted by Gasteiger charge is 2.34. The summed E-state index contributed by atoms with van der Waals surface area (Å²) in [5.41, 5.74) is 0. The zero-order valence-corrected chi connectivity index (χ0v) is 19.9. The number of carbonyl (C=O) groups is 2. The van der Waals surface area contributed by atoms with Crippen molar-refractivity contribution in [1.29, 1.82) is 0 Å². The van der Waals surface area contributed by atoms with E-state index in [1.54, 1.807) is 6.20 Å². The van der Waals surface area contributed by atoms with Crippen molar-refractivity contribution in [2.45, 2.75) is 100 Å². The van der Waals surface area contributed by atoms with E-state index in [0.717, 1.165) is 35.8 Å². The van der Waals surface area contributed by atoms with Crippen LogP contribution in [-0.2, 0) is 4.79 Å². The average molecular weight is 454 g/mol. The number of hydrogen-bond donors (Lipinski definition) is 2. The molecule has 2 aliphatic carbocycles. The van der Waals surface area contributed by atoms with Gasteiger partial charge in [0.15, 0.2) is 5.13 Å². The first-order valence-electron chi connectivity index (χ1n) is 11.3. The van der Waals surface area contributed by atoms with Crippen LogP contribution in [0.1, 0.15) is 78.6 Å². The Labute approximate surface area is 188 Å². The summed E-state index contributed by atoms with van der Waals surface area (Å²) in [6.45, 7) is 6.11. The fourth-order valence-electron chi connectivity index (χ4n) is 4.63. The highest BCUT2D eigenvalue weighted by Crippen LogP contribution is 2.36. The van der Waals surface area contributed by atoms with Gasteiger partial charge in [0, 0.05) is 12.1 Å². The number of carboxylic acids is 1. The molecule has 2 fully saturated rings. The van der Waals surface area contributed by atoms with E-state index in [4.69, 9.17) is 0 Å². The maximum atomic E-state index is 13.3. The van der Waals surface area contributed by atoms with Gasteiger partial charge in [-0.15, -0.1) is 0 Å². The Morgan fingerprint density at radius 1 is 1.13 bits per heavy atom. The van der Waals surface area contributed by atoms with Crippen LogP contribution in [0.5, 0.6) is 0 Å². The van der Waals surface area contributed by atoms with Crippen LogP contribution in [-0.4, -0.2) is 44.3 Å². The Morgan fingerprint density at radius 3 is 2.37 bits per heavy atom. The van der Waals surface area contributed by atoms with Gasteiger partial charge < -0.3 is 10.0 Å². The monoisotopic (exact) mass is 453 g/mol. The largest absolute Gasteiger partial charge is 0.480 e. The third-order valence-electron chi connectivity index (χ3n) is 6.37. The number of carbonyl (C=O) groups excluding carboxylic acids is 1. The van der Waals surface area contributed by atoms with Crippen LogP contribution in [0.4, 0.5) is 9.93 Å². The molecule has 2 N–H and O–H groups in total. The predicted molar refractivity (Wildman–Crippen MR) is 123 cm³/mol. The van der Waals surface area contributed by atoms with Crippen molar-refractivity contribution in [3.8, 4) is 0 Å². The number of thiazole rings is 1. The number of carboxylic acid groups (broad SMARTS) is 1. The minimum Gasteiger partial charge on any atom is -0.480 e. The zero-order chi connectivity index (χ0) is 21.7. The number of nitrogens with one attached hydrogen (secondary N) is 1. The van der Waals surface area contributed by atoms with E-state index in [9.17, 15) is 14.7 Å². The smallest absolute Gasteiger partial charge is 0.324 e. The normalized spacial score (nSPS) is 23.9. The third-order valence-corrected chi connectivity index (χ3v) is 8.96. The molecule has 1 aromatic rings. The molecule has 6 nitrogen and oxygen atoms in total. The highest BCUT2D eigenvalue weighted by atomic mass is 32.2. The van der Waals surface area contributed by atoms with E-state index in [-0.39, 0.29) is 11.9 Å². The Kier molecular flexibility index (Phi) is 8.45. The van der Waals surface area contributed by atoms with E-state index in [1.807, 2.05) is 13.8 Å². The van der Waals surface area contributed by atoms with E-state index in [0.29, 0.717) is 17.2 Å². The third kappa shape index (κ3) is 6.13. The van der Waals surface area contributed by atoms with Crippen LogP contribution in [0.25, 0.3) is 0 Å². The number of thioether (sulfide) groups is 1. The predicted octanol–water partition coefficient (Wildman–Crippen LogP) is 6.09. The molecule has 0 aromatic carbocycles. The number of urea groups is 1. The van der Waals surface area contributed by atoms with Crippen LogP contribution in [0.3, 0.4) is 0 Å². The van der Waals surface area contributed by atoms with Crippen molar-refractivity contribution in [1.82, 2.24) is 9.88 Å². The second-order valence-corrected chi connectivity index (χ2v) is 11.6. The van der Waals surface area contributed by atoms with E-state index in [2.05, 4.69) is 22.1 Å². The number of amides is 2. The van der Waals surface area contributed by atoms with Gasteiger partial charge in [0.25, 0.3) is 0 Å². The topological polar surface area (TPSA) is 82.5 Å². The van der Waals surface area contributed by atoms with Crippen LogP contribution in [0.2, 0.25) is 0 Å². The molecular weight excluding hydrogens is 418 g/mol. The molecule has 1 unspecified atom stereocenters. The number of nitrogens with zero attached hydrogens (tertiary/aromatic N) is 2. The van der Waals surface area contributed by atoms with E-state index < -0.39 is 11.2 Å². The molecule has 0 saturated heterocycles. The molecule has 1 aromatic heterocycles. The van der Waals surface area contributed by atoms with E-state index in [1.165, 1.54) is 55.2 Å². The van der Waals surface area contributed by atoms with Crippen LogP contribution in [0.15, 0.2) is 10.4 Å². The lowest BCUT2D eigenvalue weighted by Gasteiger charge is -2.42. The van der Waals surface area contributed by atoms with E-state index >= 15 is 0 Å². The summed E-state index contributed by atoms with van der Waals surface area (Å²) in [7, 11) is 0. The lowest BCUT2D eigenvalue weighted by atomic mass is 9.84. The highest BCUT2D eigenvalue weighted by molar-refractivity contribution is 8.02. The lowest BCUT2D eigenvalue weighted by Crippen LogP contribution is -2.51. The molecule has 0 aliphatic heterocycles. The second-order valence-electron chi connectivity index (χ2n) is 9.15. The summed E-state index contributed by atoms with van der Waals surface area (Å²) in [5, 5.41) is 12.5. The molecule has 8 heteroatoms. The summed E-state index contributed by atoms with van der Waals surface area (Å²) in [6.07, 6.45) is 12.0. The van der Waals surface area contributed by atoms with Gasteiger partial charge >= 0.3 is 12.0 Å². The van der Waals surface area contributed by atoms with Crippen LogP contribution >= 0.6 is 23.1 Å². The van der Waals surface area contributed by atoms with Crippen molar-refractivity contribution in [2.75, 3.05) is 5.32 Å². The van der Waals surface area contributed by atoms with Gasteiger partial charge in [-0.05, 0) is 50.4 Å². The molecule has 2 aliphatic rings. The van der Waals surface area contributed by atoms with Gasteiger partial charge in [0.05, 0.1) is 10.4 Å². The minimum absolute atomic E-state index is 0.0168. The standard InChI is InChI=1S/C22H35N3O3S2/c1-14(2)19(20(26)27)29-18-13-23-21(30-18)24-22(28)25(16-7-5-4-6-8-16)17-11-9-15(3)10-12-17/h13-17,19H,4-12H2,1-3H3,(H,26,27)(H,23,24,28)/t15-,17-,19?. The summed E-state index contributed by atoms with van der Waals surface area (Å²) in [6, 6.07) is 0.602. The second kappa shape index (κ2) is 10.8. The molecule has 30 heavy (non-hydrogen) atoms. The number of aliphatic carboxylic acids is 1. The summed E-state index contributed by atoms with van der Waals surface area (Å²) in [4.78, 5) is 31.3. The van der Waals surface area contributed by atoms with Crippen LogP contribution in [0, 0.1) is 11.8 Å². The molecule has 1 heterocycles. The Balaban J connectivity index is 1.68. The number of anilines is 1. The van der Waals surface area contributed by atoms with Crippen molar-refractivity contribution >= 4 is 40.2 Å². The SMILES string of the molecule is CC(C)C(Sc1cnc(NC(=O)N(C2CCCCC2)[C@H]2CC[C@H](C)CC2)s1)C(=O)O. The summed E-state index contributed by atoms with van der Waals surface area (Å²) in [5.74, 6) is -0.0497. The van der Waals surface area contributed by atoms with Crippen molar-refractivity contribution in [2.24, 2.45) is 11.8 Å². The molecule has 0 spiro atoms. The number of aromatic nitrogens is 1. The van der Waals surface area contributed by atoms with Gasteiger partial charge in [0.1, 0.15) is 5.25 Å². The Bertz CT molecular complexity index is 710. The molecule has 2 saturated carbocycles. The lowest BCUT2D eigenvalue weighted by molar-refractivity contribution is -0.137. The molecule has 2 amide bonds. The van der Waals surface area contributed by atoms with Gasteiger partial charge in [0.2, 0.25) is 0 Å². The first-order valence-corrected chi connectivity index (χ1v) is 13.0. The molecule has 0 bridgehead atoms. The van der Waals surface area contributed by atoms with Crippen molar-refractivity contribution in [3.63, 3.8) is 0 Å². The van der Waals surface area contributed by atoms with Gasteiger partial charge in [-0.2, -0.15) is 0 Å². The molecular formula is C22H35N3O3S2. The van der Waals surface area contributed by atoms with Crippen molar-refractivity contribution in [3.05, 3.63) is 6.20 Å². The number of hydrogen-bond acceptors (Lipinski definition) is 5. The average Bonchev–Trinajstić information content (AvgIpc) is 3.15. The van der Waals surface area contributed by atoms with Crippen LogP contribution < -0.4 is 5.32 Å². The van der Waals surface area contributed by atoms with Crippen molar-refractivity contribution < 1.29 is 14.7 Å². The van der Waals surface area contributed by atoms with Gasteiger partial charge in [-0.1, -0.05) is 63.1 Å². The first-order chi connectivity index (χ1) is 14.3. The molecule has 1 atom stereocenters. The van der Waals surface area contributed by atoms with Gasteiger partial charge in [-0.3, -0.25) is 10.1 Å². The zero-order valence-electron chi connectivity index (χ0n) is 18.3. The maximum Gasteiger partial charge on any atom is 0.324 e. The Hall–Kier alpha value is -1.28. The molecule has 3 rings (SSSR count).